The minimum atomic E-state index is -0.826. The molecule has 0 saturated heterocycles. The van der Waals surface area contributed by atoms with E-state index in [9.17, 15) is 9.90 Å². The number of fused-ring (bicyclic) bond motifs is 3. The van der Waals surface area contributed by atoms with Crippen molar-refractivity contribution in [2.45, 2.75) is 35.8 Å². The van der Waals surface area contributed by atoms with E-state index in [1.165, 1.54) is 25.7 Å². The van der Waals surface area contributed by atoms with Gasteiger partial charge in [-0.2, -0.15) is 0 Å². The van der Waals surface area contributed by atoms with Crippen molar-refractivity contribution in [3.05, 3.63) is 42.0 Å². The molecule has 4 rings (SSSR count). The third-order valence-electron chi connectivity index (χ3n) is 5.04. The lowest BCUT2D eigenvalue weighted by Gasteiger charge is -2.20. The molecule has 114 valence electrons. The zero-order valence-corrected chi connectivity index (χ0v) is 13.8. The summed E-state index contributed by atoms with van der Waals surface area (Å²) >= 11 is 0. The van der Waals surface area contributed by atoms with Crippen molar-refractivity contribution in [3.8, 4) is 0 Å². The number of aromatic carboxylic acids is 1. The lowest BCUT2D eigenvalue weighted by Crippen LogP contribution is -2.11. The van der Waals surface area contributed by atoms with E-state index in [2.05, 4.69) is 0 Å². The standard InChI is InChI=1S/C18H18O2S2/c19-18(20)17-14-4-2-1-3-12(14)7-8-15(17)21-22-16-10-11-5-6-13(16)9-11/h1-4,7-8,11,13,16H,5-6,9-10H2,(H,19,20). The summed E-state index contributed by atoms with van der Waals surface area (Å²) in [6, 6.07) is 11.7. The Balaban J connectivity index is 1.61. The number of carboxylic acids is 1. The van der Waals surface area contributed by atoms with Gasteiger partial charge in [-0.3, -0.25) is 0 Å². The summed E-state index contributed by atoms with van der Waals surface area (Å²) in [6.45, 7) is 0. The van der Waals surface area contributed by atoms with E-state index in [1.54, 1.807) is 10.8 Å². The van der Waals surface area contributed by atoms with E-state index in [-0.39, 0.29) is 0 Å². The third kappa shape index (κ3) is 2.52. The fourth-order valence-corrected chi connectivity index (χ4v) is 7.15. The molecule has 2 aliphatic carbocycles. The van der Waals surface area contributed by atoms with Gasteiger partial charge in [-0.05, 0) is 47.9 Å². The van der Waals surface area contributed by atoms with Crippen LogP contribution >= 0.6 is 21.6 Å². The van der Waals surface area contributed by atoms with Gasteiger partial charge in [0, 0.05) is 10.1 Å². The second-order valence-corrected chi connectivity index (χ2v) is 8.84. The van der Waals surface area contributed by atoms with Gasteiger partial charge in [0.15, 0.2) is 0 Å². The summed E-state index contributed by atoms with van der Waals surface area (Å²) in [4.78, 5) is 12.6. The summed E-state index contributed by atoms with van der Waals surface area (Å²) in [5, 5.41) is 12.2. The van der Waals surface area contributed by atoms with Crippen LogP contribution in [0, 0.1) is 11.8 Å². The van der Waals surface area contributed by atoms with Crippen LogP contribution < -0.4 is 0 Å². The van der Waals surface area contributed by atoms with Crippen LogP contribution in [0.1, 0.15) is 36.0 Å². The largest absolute Gasteiger partial charge is 0.478 e. The van der Waals surface area contributed by atoms with Gasteiger partial charge < -0.3 is 5.11 Å². The van der Waals surface area contributed by atoms with Crippen LogP contribution in [0.3, 0.4) is 0 Å². The van der Waals surface area contributed by atoms with Crippen molar-refractivity contribution < 1.29 is 9.90 Å². The van der Waals surface area contributed by atoms with Crippen LogP contribution in [0.4, 0.5) is 0 Å². The SMILES string of the molecule is O=C(O)c1c(SSC2CC3CCC2C3)ccc2ccccc12. The smallest absolute Gasteiger partial charge is 0.337 e. The lowest BCUT2D eigenvalue weighted by atomic mass is 10.0. The fourth-order valence-electron chi connectivity index (χ4n) is 3.96. The first-order valence-corrected chi connectivity index (χ1v) is 10.0. The molecule has 2 bridgehead atoms. The predicted octanol–water partition coefficient (Wildman–Crippen LogP) is 5.47. The van der Waals surface area contributed by atoms with Gasteiger partial charge >= 0.3 is 5.97 Å². The molecule has 0 amide bonds. The Morgan fingerprint density at radius 3 is 2.68 bits per heavy atom. The van der Waals surface area contributed by atoms with Crippen molar-refractivity contribution in [3.63, 3.8) is 0 Å². The number of rotatable bonds is 4. The van der Waals surface area contributed by atoms with Crippen LogP contribution in [0.5, 0.6) is 0 Å². The fraction of sp³-hybridized carbons (Fsp3) is 0.389. The highest BCUT2D eigenvalue weighted by Gasteiger charge is 2.40. The van der Waals surface area contributed by atoms with Crippen molar-refractivity contribution in [2.75, 3.05) is 0 Å². The number of hydrogen-bond acceptors (Lipinski definition) is 3. The van der Waals surface area contributed by atoms with Gasteiger partial charge in [0.1, 0.15) is 0 Å². The minimum Gasteiger partial charge on any atom is -0.478 e. The van der Waals surface area contributed by atoms with Crippen molar-refractivity contribution in [2.24, 2.45) is 11.8 Å². The molecule has 1 N–H and O–H groups in total. The summed E-state index contributed by atoms with van der Waals surface area (Å²) in [5.41, 5.74) is 0.457. The Labute approximate surface area is 138 Å². The van der Waals surface area contributed by atoms with Gasteiger partial charge in [0.05, 0.1) is 5.56 Å². The molecule has 0 spiro atoms. The van der Waals surface area contributed by atoms with E-state index in [4.69, 9.17) is 0 Å². The Bertz CT molecular complexity index is 728. The van der Waals surface area contributed by atoms with Gasteiger partial charge in [-0.15, -0.1) is 0 Å². The molecule has 0 aliphatic heterocycles. The van der Waals surface area contributed by atoms with E-state index >= 15 is 0 Å². The summed E-state index contributed by atoms with van der Waals surface area (Å²) in [5.74, 6) is 0.961. The molecule has 0 radical (unpaired) electrons. The summed E-state index contributed by atoms with van der Waals surface area (Å²) in [7, 11) is 3.56. The monoisotopic (exact) mass is 330 g/mol. The highest BCUT2D eigenvalue weighted by Crippen LogP contribution is 2.53. The average molecular weight is 330 g/mol. The second-order valence-electron chi connectivity index (χ2n) is 6.36. The zero-order valence-electron chi connectivity index (χ0n) is 12.2. The maximum Gasteiger partial charge on any atom is 0.337 e. The molecule has 4 heteroatoms. The van der Waals surface area contributed by atoms with E-state index in [0.717, 1.165) is 27.5 Å². The molecule has 0 aromatic heterocycles. The molecule has 2 aliphatic rings. The van der Waals surface area contributed by atoms with E-state index < -0.39 is 5.97 Å². The molecule has 3 atom stereocenters. The Kier molecular flexibility index (Phi) is 3.82. The molecular formula is C18H18O2S2. The van der Waals surface area contributed by atoms with Crippen LogP contribution in [-0.4, -0.2) is 16.3 Å². The van der Waals surface area contributed by atoms with Gasteiger partial charge in [-0.25, -0.2) is 4.79 Å². The number of hydrogen-bond donors (Lipinski definition) is 1. The molecule has 3 unspecified atom stereocenters. The van der Waals surface area contributed by atoms with Crippen molar-refractivity contribution in [1.82, 2.24) is 0 Å². The first-order chi connectivity index (χ1) is 10.7. The number of carboxylic acid groups (broad SMARTS) is 1. The van der Waals surface area contributed by atoms with Gasteiger partial charge in [0.2, 0.25) is 0 Å². The van der Waals surface area contributed by atoms with E-state index in [0.29, 0.717) is 10.8 Å². The van der Waals surface area contributed by atoms with Crippen molar-refractivity contribution in [1.29, 1.82) is 0 Å². The van der Waals surface area contributed by atoms with Crippen LogP contribution in [0.25, 0.3) is 10.8 Å². The highest BCUT2D eigenvalue weighted by molar-refractivity contribution is 8.77. The third-order valence-corrected chi connectivity index (χ3v) is 8.05. The molecule has 22 heavy (non-hydrogen) atoms. The second kappa shape index (κ2) is 5.82. The molecule has 2 aromatic rings. The predicted molar refractivity (Wildman–Crippen MR) is 93.6 cm³/mol. The first-order valence-electron chi connectivity index (χ1n) is 7.81. The Hall–Kier alpha value is -1.13. The maximum atomic E-state index is 11.7. The first kappa shape index (κ1) is 14.5. The topological polar surface area (TPSA) is 37.3 Å². The Morgan fingerprint density at radius 1 is 1.09 bits per heavy atom. The van der Waals surface area contributed by atoms with Crippen molar-refractivity contribution >= 4 is 38.3 Å². The molecule has 2 fully saturated rings. The molecular weight excluding hydrogens is 312 g/mol. The average Bonchev–Trinajstić information content (AvgIpc) is 3.14. The highest BCUT2D eigenvalue weighted by atomic mass is 33.1. The molecule has 2 saturated carbocycles. The maximum absolute atomic E-state index is 11.7. The number of carbonyl (C=O) groups is 1. The molecule has 2 aromatic carbocycles. The lowest BCUT2D eigenvalue weighted by molar-refractivity contribution is 0.0695. The van der Waals surface area contributed by atoms with Gasteiger partial charge in [0.25, 0.3) is 0 Å². The minimum absolute atomic E-state index is 0.457. The van der Waals surface area contributed by atoms with Crippen LogP contribution in [0.2, 0.25) is 0 Å². The van der Waals surface area contributed by atoms with E-state index in [1.807, 2.05) is 47.2 Å². The quantitative estimate of drug-likeness (QED) is 0.755. The van der Waals surface area contributed by atoms with Gasteiger partial charge in [-0.1, -0.05) is 58.3 Å². The number of benzene rings is 2. The molecule has 2 nitrogen and oxygen atoms in total. The normalized spacial score (nSPS) is 26.6. The van der Waals surface area contributed by atoms with Crippen LogP contribution in [-0.2, 0) is 0 Å². The van der Waals surface area contributed by atoms with Crippen LogP contribution in [0.15, 0.2) is 41.3 Å². The molecule has 0 heterocycles. The Morgan fingerprint density at radius 2 is 1.95 bits per heavy atom. The summed E-state index contributed by atoms with van der Waals surface area (Å²) < 4.78 is 0. The zero-order chi connectivity index (χ0) is 15.1. The summed E-state index contributed by atoms with van der Waals surface area (Å²) in [6.07, 6.45) is 5.48.